The second kappa shape index (κ2) is 5.34. The maximum absolute atomic E-state index is 11.3. The summed E-state index contributed by atoms with van der Waals surface area (Å²) < 4.78 is 0. The van der Waals surface area contributed by atoms with Crippen LogP contribution in [0.15, 0.2) is 0 Å². The Bertz CT molecular complexity index is 140. The van der Waals surface area contributed by atoms with Gasteiger partial charge in [-0.25, -0.2) is 0 Å². The van der Waals surface area contributed by atoms with E-state index in [4.69, 9.17) is 0 Å². The Morgan fingerprint density at radius 3 is 2.42 bits per heavy atom. The minimum atomic E-state index is 0.466. The third-order valence-corrected chi connectivity index (χ3v) is 2.68. The van der Waals surface area contributed by atoms with Gasteiger partial charge in [-0.05, 0) is 25.2 Å². The number of carbonyl (C=O) groups is 1. The van der Waals surface area contributed by atoms with Gasteiger partial charge in [-0.15, -0.1) is 0 Å². The molecule has 1 nitrogen and oxygen atoms in total. The highest BCUT2D eigenvalue weighted by atomic mass is 16.1. The molecule has 0 N–H and O–H groups in total. The van der Waals surface area contributed by atoms with Crippen molar-refractivity contribution in [1.29, 1.82) is 0 Å². The van der Waals surface area contributed by atoms with Crippen molar-refractivity contribution in [3.8, 4) is 0 Å². The number of Topliss-reactive ketones (excluding diaryl/α,β-unsaturated/α-hetero) is 1. The van der Waals surface area contributed by atoms with Crippen LogP contribution in [0.4, 0.5) is 0 Å². The molecule has 1 heteroatoms. The van der Waals surface area contributed by atoms with Crippen molar-refractivity contribution in [3.05, 3.63) is 5.92 Å². The highest BCUT2D eigenvalue weighted by molar-refractivity contribution is 5.80. The Labute approximate surface area is 75.5 Å². The predicted molar refractivity (Wildman–Crippen MR) is 50.9 cm³/mol. The summed E-state index contributed by atoms with van der Waals surface area (Å²) in [5.41, 5.74) is 0. The molecule has 0 aromatic carbocycles. The quantitative estimate of drug-likeness (QED) is 0.585. The Hall–Kier alpha value is -0.330. The summed E-state index contributed by atoms with van der Waals surface area (Å²) in [6.07, 6.45) is 8.89. The van der Waals surface area contributed by atoms with Crippen molar-refractivity contribution in [3.63, 3.8) is 0 Å². The fourth-order valence-electron chi connectivity index (χ4n) is 1.81. The molecule has 0 spiro atoms. The second-order valence-electron chi connectivity index (χ2n) is 3.73. The van der Waals surface area contributed by atoms with Crippen LogP contribution in [0, 0.1) is 5.92 Å². The van der Waals surface area contributed by atoms with Gasteiger partial charge in [0, 0.05) is 12.8 Å². The number of rotatable bonds is 1. The lowest BCUT2D eigenvalue weighted by atomic mass is 9.94. The normalized spacial score (nSPS) is 22.9. The number of hydrogen-bond donors (Lipinski definition) is 0. The van der Waals surface area contributed by atoms with Crippen LogP contribution in [0.5, 0.6) is 0 Å². The zero-order valence-corrected chi connectivity index (χ0v) is 8.07. The Kier molecular flexibility index (Phi) is 4.34. The Morgan fingerprint density at radius 2 is 1.75 bits per heavy atom. The summed E-state index contributed by atoms with van der Waals surface area (Å²) in [7, 11) is 0. The molecular formula is C11H19O. The minimum absolute atomic E-state index is 0.466. The first-order chi connectivity index (χ1) is 5.83. The summed E-state index contributed by atoms with van der Waals surface area (Å²) in [5.74, 6) is 1.94. The fraction of sp³-hybridized carbons (Fsp3) is 0.818. The third kappa shape index (κ3) is 3.38. The molecule has 0 bridgehead atoms. The highest BCUT2D eigenvalue weighted by Gasteiger charge is 2.13. The average Bonchev–Trinajstić information content (AvgIpc) is 2.16. The monoisotopic (exact) mass is 167 g/mol. The average molecular weight is 167 g/mol. The Morgan fingerprint density at radius 1 is 1.08 bits per heavy atom. The third-order valence-electron chi connectivity index (χ3n) is 2.68. The van der Waals surface area contributed by atoms with Crippen LogP contribution >= 0.6 is 0 Å². The van der Waals surface area contributed by atoms with Gasteiger partial charge in [0.2, 0.25) is 0 Å². The van der Waals surface area contributed by atoms with Gasteiger partial charge in [0.1, 0.15) is 5.78 Å². The van der Waals surface area contributed by atoms with E-state index in [2.05, 4.69) is 6.92 Å². The van der Waals surface area contributed by atoms with Crippen molar-refractivity contribution < 1.29 is 4.79 Å². The highest BCUT2D eigenvalue weighted by Crippen LogP contribution is 2.23. The summed E-state index contributed by atoms with van der Waals surface area (Å²) in [4.78, 5) is 11.3. The summed E-state index contributed by atoms with van der Waals surface area (Å²) in [6, 6.07) is 0. The lowest BCUT2D eigenvalue weighted by Gasteiger charge is -2.10. The largest absolute Gasteiger partial charge is 0.300 e. The first kappa shape index (κ1) is 9.76. The maximum atomic E-state index is 11.3. The number of carbonyl (C=O) groups excluding carboxylic acids is 1. The SMILES string of the molecule is CC[C]1CCCCCCC(=O)C1. The molecule has 0 aromatic heterocycles. The van der Waals surface area contributed by atoms with E-state index in [-0.39, 0.29) is 0 Å². The van der Waals surface area contributed by atoms with Crippen LogP contribution in [0.25, 0.3) is 0 Å². The minimum Gasteiger partial charge on any atom is -0.300 e. The van der Waals surface area contributed by atoms with Crippen LogP contribution in [-0.2, 0) is 4.79 Å². The summed E-state index contributed by atoms with van der Waals surface area (Å²) in [6.45, 7) is 2.17. The zero-order chi connectivity index (χ0) is 8.81. The van der Waals surface area contributed by atoms with Gasteiger partial charge in [-0.2, -0.15) is 0 Å². The molecule has 0 amide bonds. The molecule has 69 valence electrons. The zero-order valence-electron chi connectivity index (χ0n) is 8.07. The van der Waals surface area contributed by atoms with E-state index in [1.54, 1.807) is 0 Å². The van der Waals surface area contributed by atoms with Gasteiger partial charge in [-0.1, -0.05) is 26.2 Å². The van der Waals surface area contributed by atoms with Gasteiger partial charge in [0.15, 0.2) is 0 Å². The van der Waals surface area contributed by atoms with Crippen LogP contribution in [0.3, 0.4) is 0 Å². The molecule has 0 saturated heterocycles. The predicted octanol–water partition coefficient (Wildman–Crippen LogP) is 3.28. The first-order valence-corrected chi connectivity index (χ1v) is 5.18. The molecule has 0 atom stereocenters. The van der Waals surface area contributed by atoms with E-state index in [0.29, 0.717) is 5.78 Å². The molecule has 0 unspecified atom stereocenters. The van der Waals surface area contributed by atoms with Crippen molar-refractivity contribution >= 4 is 5.78 Å². The molecule has 1 saturated carbocycles. The molecular weight excluding hydrogens is 148 g/mol. The number of ketones is 1. The van der Waals surface area contributed by atoms with Crippen molar-refractivity contribution in [1.82, 2.24) is 0 Å². The van der Waals surface area contributed by atoms with E-state index < -0.39 is 0 Å². The van der Waals surface area contributed by atoms with E-state index in [1.807, 2.05) is 0 Å². The molecule has 1 aliphatic carbocycles. The second-order valence-corrected chi connectivity index (χ2v) is 3.73. The Balaban J connectivity index is 2.37. The van der Waals surface area contributed by atoms with Crippen molar-refractivity contribution in [2.45, 2.75) is 58.3 Å². The molecule has 0 aliphatic heterocycles. The summed E-state index contributed by atoms with van der Waals surface area (Å²) in [5, 5.41) is 0. The fourth-order valence-corrected chi connectivity index (χ4v) is 1.81. The van der Waals surface area contributed by atoms with Crippen LogP contribution in [-0.4, -0.2) is 5.78 Å². The van der Waals surface area contributed by atoms with Gasteiger partial charge in [0.05, 0.1) is 0 Å². The van der Waals surface area contributed by atoms with Gasteiger partial charge in [0.25, 0.3) is 0 Å². The van der Waals surface area contributed by atoms with Gasteiger partial charge >= 0.3 is 0 Å². The molecule has 1 aliphatic rings. The van der Waals surface area contributed by atoms with Crippen LogP contribution < -0.4 is 0 Å². The van der Waals surface area contributed by atoms with Gasteiger partial charge in [-0.3, -0.25) is 4.79 Å². The van der Waals surface area contributed by atoms with Crippen molar-refractivity contribution in [2.24, 2.45) is 0 Å². The van der Waals surface area contributed by atoms with Crippen LogP contribution in [0.1, 0.15) is 58.3 Å². The first-order valence-electron chi connectivity index (χ1n) is 5.18. The lowest BCUT2D eigenvalue weighted by Crippen LogP contribution is -2.04. The topological polar surface area (TPSA) is 17.1 Å². The van der Waals surface area contributed by atoms with Crippen molar-refractivity contribution in [2.75, 3.05) is 0 Å². The van der Waals surface area contributed by atoms with Crippen LogP contribution in [0.2, 0.25) is 0 Å². The molecule has 0 aromatic rings. The number of hydrogen-bond acceptors (Lipinski definition) is 1. The lowest BCUT2D eigenvalue weighted by molar-refractivity contribution is -0.118. The molecule has 1 radical (unpaired) electrons. The summed E-state index contributed by atoms with van der Waals surface area (Å²) >= 11 is 0. The molecule has 1 rings (SSSR count). The van der Waals surface area contributed by atoms with E-state index in [0.717, 1.165) is 25.7 Å². The van der Waals surface area contributed by atoms with E-state index >= 15 is 0 Å². The van der Waals surface area contributed by atoms with E-state index in [1.165, 1.54) is 31.6 Å². The maximum Gasteiger partial charge on any atom is 0.133 e. The molecule has 12 heavy (non-hydrogen) atoms. The standard InChI is InChI=1S/C11H19O/c1-2-10-7-5-3-4-6-8-11(12)9-10/h2-9H2,1H3. The van der Waals surface area contributed by atoms with Gasteiger partial charge < -0.3 is 0 Å². The molecule has 0 heterocycles. The molecule has 1 fully saturated rings. The smallest absolute Gasteiger partial charge is 0.133 e. The van der Waals surface area contributed by atoms with E-state index in [9.17, 15) is 4.79 Å².